The van der Waals surface area contributed by atoms with E-state index in [9.17, 15) is 0 Å². The Morgan fingerprint density at radius 1 is 1.35 bits per heavy atom. The fraction of sp³-hybridized carbons (Fsp3) is 0.154. The molecule has 17 heavy (non-hydrogen) atoms. The molecule has 0 radical (unpaired) electrons. The lowest BCUT2D eigenvalue weighted by Crippen LogP contribution is -1.89. The number of para-hydroxylation sites is 1. The summed E-state index contributed by atoms with van der Waals surface area (Å²) in [6.45, 7) is 1.93. The highest BCUT2D eigenvalue weighted by molar-refractivity contribution is 7.16. The number of nitrogens with two attached hydrogens (primary N) is 1. The second-order valence-electron chi connectivity index (χ2n) is 3.61. The second-order valence-corrected chi connectivity index (χ2v) is 4.63. The van der Waals surface area contributed by atoms with Crippen LogP contribution in [0.4, 0.5) is 5.69 Å². The van der Waals surface area contributed by atoms with Crippen LogP contribution in [0.3, 0.4) is 0 Å². The normalized spacial score (nSPS) is 9.94. The van der Waals surface area contributed by atoms with Crippen LogP contribution in [-0.2, 0) is 0 Å². The predicted octanol–water partition coefficient (Wildman–Crippen LogP) is 3.19. The minimum Gasteiger partial charge on any atom is -0.496 e. The van der Waals surface area contributed by atoms with Crippen molar-refractivity contribution in [1.29, 1.82) is 5.26 Å². The maximum atomic E-state index is 8.98. The van der Waals surface area contributed by atoms with Crippen molar-refractivity contribution in [3.05, 3.63) is 34.7 Å². The standard InChI is InChI=1S/C13H12N2OS/c1-8-12(15)11(7-14)17-13(8)9-5-3-4-6-10(9)16-2/h3-6H,15H2,1-2H3. The van der Waals surface area contributed by atoms with Gasteiger partial charge in [-0.3, -0.25) is 0 Å². The van der Waals surface area contributed by atoms with Crippen molar-refractivity contribution in [2.45, 2.75) is 6.92 Å². The quantitative estimate of drug-likeness (QED) is 0.882. The first-order valence-corrected chi connectivity index (χ1v) is 5.93. The Kier molecular flexibility index (Phi) is 3.03. The number of thiophene rings is 1. The fourth-order valence-corrected chi connectivity index (χ4v) is 2.75. The van der Waals surface area contributed by atoms with Crippen molar-refractivity contribution in [2.24, 2.45) is 0 Å². The molecule has 0 spiro atoms. The second kappa shape index (κ2) is 4.48. The molecule has 0 saturated carbocycles. The number of nitriles is 1. The molecule has 0 bridgehead atoms. The molecule has 2 N–H and O–H groups in total. The SMILES string of the molecule is COc1ccccc1-c1sc(C#N)c(N)c1C. The summed E-state index contributed by atoms with van der Waals surface area (Å²) in [4.78, 5) is 1.56. The third kappa shape index (κ3) is 1.85. The van der Waals surface area contributed by atoms with Gasteiger partial charge in [0.25, 0.3) is 0 Å². The van der Waals surface area contributed by atoms with E-state index in [2.05, 4.69) is 6.07 Å². The average Bonchev–Trinajstić information content (AvgIpc) is 2.66. The zero-order valence-corrected chi connectivity index (χ0v) is 10.5. The third-order valence-electron chi connectivity index (χ3n) is 2.65. The summed E-state index contributed by atoms with van der Waals surface area (Å²) < 4.78 is 5.32. The van der Waals surface area contributed by atoms with E-state index in [4.69, 9.17) is 15.7 Å². The summed E-state index contributed by atoms with van der Waals surface area (Å²) >= 11 is 1.40. The van der Waals surface area contributed by atoms with Crippen molar-refractivity contribution in [3.8, 4) is 22.3 Å². The van der Waals surface area contributed by atoms with Gasteiger partial charge >= 0.3 is 0 Å². The molecule has 0 aliphatic rings. The van der Waals surface area contributed by atoms with Gasteiger partial charge in [0.1, 0.15) is 16.7 Å². The van der Waals surface area contributed by atoms with Crippen molar-refractivity contribution < 1.29 is 4.74 Å². The van der Waals surface area contributed by atoms with E-state index >= 15 is 0 Å². The molecule has 0 atom stereocenters. The Bertz CT molecular complexity index is 596. The molecule has 2 rings (SSSR count). The third-order valence-corrected chi connectivity index (χ3v) is 3.89. The molecule has 0 saturated heterocycles. The molecule has 3 nitrogen and oxygen atoms in total. The maximum Gasteiger partial charge on any atom is 0.128 e. The number of hydrogen-bond donors (Lipinski definition) is 1. The Hall–Kier alpha value is -1.99. The van der Waals surface area contributed by atoms with Crippen LogP contribution in [0, 0.1) is 18.3 Å². The Balaban J connectivity index is 2.65. The molecule has 0 amide bonds. The molecule has 2 aromatic rings. The molecule has 0 aliphatic heterocycles. The topological polar surface area (TPSA) is 59.0 Å². The molecule has 0 aliphatic carbocycles. The molecule has 1 aromatic heterocycles. The van der Waals surface area contributed by atoms with Crippen molar-refractivity contribution in [2.75, 3.05) is 12.8 Å². The van der Waals surface area contributed by atoms with Gasteiger partial charge in [-0.15, -0.1) is 11.3 Å². The zero-order valence-electron chi connectivity index (χ0n) is 9.65. The number of rotatable bonds is 2. The highest BCUT2D eigenvalue weighted by Crippen LogP contribution is 2.41. The van der Waals surface area contributed by atoms with Gasteiger partial charge in [-0.1, -0.05) is 12.1 Å². The molecule has 86 valence electrons. The fourth-order valence-electron chi connectivity index (χ4n) is 1.70. The maximum absolute atomic E-state index is 8.98. The van der Waals surface area contributed by atoms with E-state index < -0.39 is 0 Å². The summed E-state index contributed by atoms with van der Waals surface area (Å²) in [7, 11) is 1.64. The number of ether oxygens (including phenoxy) is 1. The Morgan fingerprint density at radius 3 is 2.65 bits per heavy atom. The lowest BCUT2D eigenvalue weighted by atomic mass is 10.1. The van der Waals surface area contributed by atoms with Gasteiger partial charge < -0.3 is 10.5 Å². The molecule has 4 heteroatoms. The van der Waals surface area contributed by atoms with Gasteiger partial charge in [-0.05, 0) is 24.6 Å². The molecular formula is C13H12N2OS. The van der Waals surface area contributed by atoms with E-state index in [1.54, 1.807) is 7.11 Å². The first-order valence-electron chi connectivity index (χ1n) is 5.11. The highest BCUT2D eigenvalue weighted by atomic mass is 32.1. The van der Waals surface area contributed by atoms with E-state index in [1.165, 1.54) is 11.3 Å². The zero-order chi connectivity index (χ0) is 12.4. The lowest BCUT2D eigenvalue weighted by molar-refractivity contribution is 0.416. The molecule has 1 aromatic carbocycles. The minimum absolute atomic E-state index is 0.559. The van der Waals surface area contributed by atoms with Gasteiger partial charge in [0, 0.05) is 10.4 Å². The Morgan fingerprint density at radius 2 is 2.06 bits per heavy atom. The van der Waals surface area contributed by atoms with Crippen LogP contribution in [0.2, 0.25) is 0 Å². The monoisotopic (exact) mass is 244 g/mol. The van der Waals surface area contributed by atoms with Crippen molar-refractivity contribution in [3.63, 3.8) is 0 Å². The van der Waals surface area contributed by atoms with Gasteiger partial charge in [-0.2, -0.15) is 5.26 Å². The molecule has 0 unspecified atom stereocenters. The number of benzene rings is 1. The van der Waals surface area contributed by atoms with E-state index in [1.807, 2.05) is 31.2 Å². The lowest BCUT2D eigenvalue weighted by Gasteiger charge is -2.07. The van der Waals surface area contributed by atoms with Gasteiger partial charge in [0.15, 0.2) is 0 Å². The first kappa shape index (κ1) is 11.5. The smallest absolute Gasteiger partial charge is 0.128 e. The highest BCUT2D eigenvalue weighted by Gasteiger charge is 2.16. The van der Waals surface area contributed by atoms with E-state index in [0.717, 1.165) is 21.8 Å². The van der Waals surface area contributed by atoms with Crippen LogP contribution in [0.25, 0.3) is 10.4 Å². The minimum atomic E-state index is 0.559. The Labute approximate surface area is 104 Å². The van der Waals surface area contributed by atoms with Crippen LogP contribution in [0.15, 0.2) is 24.3 Å². The van der Waals surface area contributed by atoms with Gasteiger partial charge in [0.05, 0.1) is 12.8 Å². The summed E-state index contributed by atoms with van der Waals surface area (Å²) in [5.41, 5.74) is 8.38. The van der Waals surface area contributed by atoms with Gasteiger partial charge in [-0.25, -0.2) is 0 Å². The van der Waals surface area contributed by atoms with Crippen LogP contribution in [-0.4, -0.2) is 7.11 Å². The van der Waals surface area contributed by atoms with E-state index in [0.29, 0.717) is 10.6 Å². The summed E-state index contributed by atoms with van der Waals surface area (Å²) in [6.07, 6.45) is 0. The average molecular weight is 244 g/mol. The van der Waals surface area contributed by atoms with Crippen LogP contribution >= 0.6 is 11.3 Å². The van der Waals surface area contributed by atoms with Crippen LogP contribution < -0.4 is 10.5 Å². The summed E-state index contributed by atoms with van der Waals surface area (Å²) in [5.74, 6) is 0.793. The summed E-state index contributed by atoms with van der Waals surface area (Å²) in [6, 6.07) is 9.85. The number of hydrogen-bond acceptors (Lipinski definition) is 4. The number of methoxy groups -OCH3 is 1. The first-order chi connectivity index (χ1) is 8.19. The molecular weight excluding hydrogens is 232 g/mol. The molecule has 1 heterocycles. The largest absolute Gasteiger partial charge is 0.496 e. The summed E-state index contributed by atoms with van der Waals surface area (Å²) in [5, 5.41) is 8.98. The van der Waals surface area contributed by atoms with Crippen LogP contribution in [0.5, 0.6) is 5.75 Å². The molecule has 0 fully saturated rings. The number of nitrogens with zero attached hydrogens (tertiary/aromatic N) is 1. The predicted molar refractivity (Wildman–Crippen MR) is 70.2 cm³/mol. The van der Waals surface area contributed by atoms with Gasteiger partial charge in [0.2, 0.25) is 0 Å². The number of anilines is 1. The van der Waals surface area contributed by atoms with Crippen molar-refractivity contribution in [1.82, 2.24) is 0 Å². The van der Waals surface area contributed by atoms with E-state index in [-0.39, 0.29) is 0 Å². The number of nitrogen functional groups attached to an aromatic ring is 1. The van der Waals surface area contributed by atoms with Crippen LogP contribution in [0.1, 0.15) is 10.4 Å². The van der Waals surface area contributed by atoms with Crippen molar-refractivity contribution >= 4 is 17.0 Å².